The third-order valence-electron chi connectivity index (χ3n) is 5.60. The van der Waals surface area contributed by atoms with Crippen LogP contribution in [0.15, 0.2) is 77.7 Å². The van der Waals surface area contributed by atoms with Crippen LogP contribution in [0.4, 0.5) is 5.69 Å². The summed E-state index contributed by atoms with van der Waals surface area (Å²) in [5.74, 6) is -0.341. The van der Waals surface area contributed by atoms with Crippen LogP contribution in [0.2, 0.25) is 5.02 Å². The lowest BCUT2D eigenvalue weighted by Gasteiger charge is -2.23. The largest absolute Gasteiger partial charge is 0.325 e. The lowest BCUT2D eigenvalue weighted by molar-refractivity contribution is -0.119. The van der Waals surface area contributed by atoms with Crippen LogP contribution in [-0.4, -0.2) is 36.2 Å². The van der Waals surface area contributed by atoms with Crippen molar-refractivity contribution in [3.05, 3.63) is 77.8 Å². The molecule has 1 amide bonds. The molecular weight excluding hydrogens is 478 g/mol. The first-order valence-electron chi connectivity index (χ1n) is 10.5. The van der Waals surface area contributed by atoms with Crippen molar-refractivity contribution >= 4 is 54.8 Å². The van der Waals surface area contributed by atoms with Crippen molar-refractivity contribution in [2.45, 2.75) is 23.8 Å². The van der Waals surface area contributed by atoms with Crippen LogP contribution in [0.25, 0.3) is 20.8 Å². The number of benzene rings is 3. The second-order valence-corrected chi connectivity index (χ2v) is 11.1. The van der Waals surface area contributed by atoms with E-state index in [2.05, 4.69) is 10.3 Å². The van der Waals surface area contributed by atoms with E-state index >= 15 is 0 Å². The number of carbonyl (C=O) groups is 1. The van der Waals surface area contributed by atoms with Gasteiger partial charge in [0, 0.05) is 22.8 Å². The van der Waals surface area contributed by atoms with Crippen molar-refractivity contribution in [2.75, 3.05) is 11.9 Å². The van der Waals surface area contributed by atoms with E-state index in [1.165, 1.54) is 28.6 Å². The Morgan fingerprint density at radius 2 is 1.85 bits per heavy atom. The van der Waals surface area contributed by atoms with Crippen LogP contribution in [0.3, 0.4) is 0 Å². The number of nitrogens with one attached hydrogen (secondary N) is 1. The summed E-state index contributed by atoms with van der Waals surface area (Å²) in [6, 6.07) is 20.6. The first kappa shape index (κ1) is 22.0. The fourth-order valence-electron chi connectivity index (χ4n) is 3.98. The fourth-order valence-corrected chi connectivity index (χ4v) is 6.73. The number of para-hydroxylation sites is 1. The predicted octanol–water partition coefficient (Wildman–Crippen LogP) is 5.41. The summed E-state index contributed by atoms with van der Waals surface area (Å²) in [5, 5.41) is 4.22. The molecule has 0 saturated carbocycles. The Bertz CT molecular complexity index is 1400. The molecule has 1 aliphatic heterocycles. The van der Waals surface area contributed by atoms with Gasteiger partial charge in [-0.15, -0.1) is 11.3 Å². The molecule has 1 fully saturated rings. The Morgan fingerprint density at radius 1 is 1.06 bits per heavy atom. The van der Waals surface area contributed by atoms with Crippen molar-refractivity contribution in [1.82, 2.24) is 9.29 Å². The smallest absolute Gasteiger partial charge is 0.243 e. The molecule has 6 nitrogen and oxygen atoms in total. The van der Waals surface area contributed by atoms with Crippen molar-refractivity contribution in [1.29, 1.82) is 0 Å². The van der Waals surface area contributed by atoms with E-state index in [4.69, 9.17) is 11.6 Å². The van der Waals surface area contributed by atoms with Crippen LogP contribution >= 0.6 is 22.9 Å². The SMILES string of the molecule is O=C(Nc1cccc(-c2nc3ccccc3s2)c1)[C@H]1CCCN1S(=O)(=O)c1ccc(Cl)cc1. The minimum Gasteiger partial charge on any atom is -0.325 e. The van der Waals surface area contributed by atoms with Crippen LogP contribution in [-0.2, 0) is 14.8 Å². The fraction of sp³-hybridized carbons (Fsp3) is 0.167. The molecule has 9 heteroatoms. The van der Waals surface area contributed by atoms with Gasteiger partial charge in [-0.05, 0) is 61.4 Å². The highest BCUT2D eigenvalue weighted by Gasteiger charge is 2.39. The van der Waals surface area contributed by atoms with Crippen molar-refractivity contribution in [3.63, 3.8) is 0 Å². The molecule has 33 heavy (non-hydrogen) atoms. The number of rotatable bonds is 5. The lowest BCUT2D eigenvalue weighted by atomic mass is 10.2. The van der Waals surface area contributed by atoms with Crippen LogP contribution < -0.4 is 5.32 Å². The summed E-state index contributed by atoms with van der Waals surface area (Å²) >= 11 is 7.48. The number of aromatic nitrogens is 1. The highest BCUT2D eigenvalue weighted by Crippen LogP contribution is 2.32. The number of halogens is 1. The van der Waals surface area contributed by atoms with Gasteiger partial charge in [0.1, 0.15) is 11.0 Å². The molecule has 1 aliphatic rings. The van der Waals surface area contributed by atoms with E-state index in [1.807, 2.05) is 42.5 Å². The molecule has 168 valence electrons. The standard InChI is InChI=1S/C24H20ClN3O3S2/c25-17-10-12-19(13-11-17)33(30,31)28-14-4-8-21(28)23(29)26-18-6-3-5-16(15-18)24-27-20-7-1-2-9-22(20)32-24/h1-3,5-7,9-13,15,21H,4,8,14H2,(H,26,29)/t21-/m1/s1. The topological polar surface area (TPSA) is 79.4 Å². The van der Waals surface area contributed by atoms with E-state index in [0.29, 0.717) is 30.1 Å². The third kappa shape index (κ3) is 4.39. The molecule has 4 aromatic rings. The van der Waals surface area contributed by atoms with Gasteiger partial charge in [-0.3, -0.25) is 4.79 Å². The maximum atomic E-state index is 13.1. The number of hydrogen-bond acceptors (Lipinski definition) is 5. The van der Waals surface area contributed by atoms with Gasteiger partial charge in [-0.1, -0.05) is 35.9 Å². The minimum absolute atomic E-state index is 0.129. The molecule has 2 heterocycles. The number of amides is 1. The van der Waals surface area contributed by atoms with Gasteiger partial charge >= 0.3 is 0 Å². The highest BCUT2D eigenvalue weighted by molar-refractivity contribution is 7.89. The number of sulfonamides is 1. The van der Waals surface area contributed by atoms with E-state index in [9.17, 15) is 13.2 Å². The van der Waals surface area contributed by atoms with E-state index in [0.717, 1.165) is 20.8 Å². The molecule has 5 rings (SSSR count). The molecular formula is C24H20ClN3O3S2. The monoisotopic (exact) mass is 497 g/mol. The molecule has 3 aromatic carbocycles. The van der Waals surface area contributed by atoms with Gasteiger partial charge in [-0.25, -0.2) is 13.4 Å². The molecule has 0 spiro atoms. The maximum absolute atomic E-state index is 13.1. The first-order valence-corrected chi connectivity index (χ1v) is 13.1. The lowest BCUT2D eigenvalue weighted by Crippen LogP contribution is -2.43. The first-order chi connectivity index (χ1) is 15.9. The third-order valence-corrected chi connectivity index (χ3v) is 8.86. The average molecular weight is 498 g/mol. The van der Waals surface area contributed by atoms with E-state index in [1.54, 1.807) is 17.4 Å². The molecule has 0 aliphatic carbocycles. The van der Waals surface area contributed by atoms with Crippen molar-refractivity contribution in [2.24, 2.45) is 0 Å². The second kappa shape index (κ2) is 8.87. The van der Waals surface area contributed by atoms with Crippen LogP contribution in [0.5, 0.6) is 0 Å². The molecule has 0 radical (unpaired) electrons. The van der Waals surface area contributed by atoms with Gasteiger partial charge in [0.05, 0.1) is 15.1 Å². The second-order valence-electron chi connectivity index (χ2n) is 7.78. The maximum Gasteiger partial charge on any atom is 0.243 e. The zero-order valence-corrected chi connectivity index (χ0v) is 19.8. The molecule has 1 N–H and O–H groups in total. The highest BCUT2D eigenvalue weighted by atomic mass is 35.5. The van der Waals surface area contributed by atoms with Gasteiger partial charge < -0.3 is 5.32 Å². The summed E-state index contributed by atoms with van der Waals surface area (Å²) in [6.45, 7) is 0.300. The predicted molar refractivity (Wildman–Crippen MR) is 132 cm³/mol. The molecule has 0 bridgehead atoms. The summed E-state index contributed by atoms with van der Waals surface area (Å²) in [6.07, 6.45) is 1.09. The molecule has 1 saturated heterocycles. The number of carbonyl (C=O) groups excluding carboxylic acids is 1. The van der Waals surface area contributed by atoms with Crippen LogP contribution in [0.1, 0.15) is 12.8 Å². The van der Waals surface area contributed by atoms with Crippen molar-refractivity contribution < 1.29 is 13.2 Å². The Labute approximate surface area is 200 Å². The summed E-state index contributed by atoms with van der Waals surface area (Å²) in [4.78, 5) is 17.9. The summed E-state index contributed by atoms with van der Waals surface area (Å²) < 4.78 is 28.6. The van der Waals surface area contributed by atoms with Gasteiger partial charge in [0.2, 0.25) is 15.9 Å². The van der Waals surface area contributed by atoms with Crippen LogP contribution in [0, 0.1) is 0 Å². The number of nitrogens with zero attached hydrogens (tertiary/aromatic N) is 2. The zero-order chi connectivity index (χ0) is 23.0. The summed E-state index contributed by atoms with van der Waals surface area (Å²) in [5.41, 5.74) is 2.43. The van der Waals surface area contributed by atoms with E-state index < -0.39 is 16.1 Å². The Kier molecular flexibility index (Phi) is 5.92. The number of fused-ring (bicyclic) bond motifs is 1. The van der Waals surface area contributed by atoms with E-state index in [-0.39, 0.29) is 10.8 Å². The van der Waals surface area contributed by atoms with Gasteiger partial charge in [0.25, 0.3) is 0 Å². The number of thiazole rings is 1. The zero-order valence-electron chi connectivity index (χ0n) is 17.4. The Morgan fingerprint density at radius 3 is 2.64 bits per heavy atom. The van der Waals surface area contributed by atoms with Gasteiger partial charge in [0.15, 0.2) is 0 Å². The normalized spacial score (nSPS) is 16.8. The Balaban J connectivity index is 1.37. The summed E-state index contributed by atoms with van der Waals surface area (Å²) in [7, 11) is -3.80. The molecule has 1 atom stereocenters. The van der Waals surface area contributed by atoms with Crippen molar-refractivity contribution in [3.8, 4) is 10.6 Å². The number of hydrogen-bond donors (Lipinski definition) is 1. The van der Waals surface area contributed by atoms with Gasteiger partial charge in [-0.2, -0.15) is 4.31 Å². The molecule has 0 unspecified atom stereocenters. The molecule has 1 aromatic heterocycles. The minimum atomic E-state index is -3.80. The Hall–Kier alpha value is -2.78. The average Bonchev–Trinajstić information content (AvgIpc) is 3.47. The number of anilines is 1. The quantitative estimate of drug-likeness (QED) is 0.400.